The number of carbonyl (C=O) groups is 1. The first kappa shape index (κ1) is 10.3. The molecule has 0 aliphatic carbocycles. The molecule has 1 fully saturated rings. The molecule has 13 heavy (non-hydrogen) atoms. The lowest BCUT2D eigenvalue weighted by Crippen LogP contribution is -2.39. The van der Waals surface area contributed by atoms with Crippen molar-refractivity contribution in [1.82, 2.24) is 9.80 Å². The minimum atomic E-state index is 0.132. The average molecular weight is 185 g/mol. The summed E-state index contributed by atoms with van der Waals surface area (Å²) in [6.45, 7) is 8.19. The van der Waals surface area contributed by atoms with Crippen molar-refractivity contribution >= 4 is 6.03 Å². The SMILES string of the molecule is CC(C)N1C(=O)N(CCN)CC1C. The van der Waals surface area contributed by atoms with Crippen LogP contribution in [0.5, 0.6) is 0 Å². The van der Waals surface area contributed by atoms with Gasteiger partial charge in [0, 0.05) is 31.7 Å². The molecular formula is C9H19N3O. The summed E-state index contributed by atoms with van der Waals surface area (Å²) in [5, 5.41) is 0. The number of hydrogen-bond donors (Lipinski definition) is 1. The van der Waals surface area contributed by atoms with Gasteiger partial charge in [-0.1, -0.05) is 0 Å². The zero-order chi connectivity index (χ0) is 10.0. The quantitative estimate of drug-likeness (QED) is 0.695. The molecule has 0 radical (unpaired) electrons. The lowest BCUT2D eigenvalue weighted by Gasteiger charge is -2.24. The molecule has 76 valence electrons. The molecular weight excluding hydrogens is 166 g/mol. The summed E-state index contributed by atoms with van der Waals surface area (Å²) in [6, 6.07) is 0.734. The van der Waals surface area contributed by atoms with E-state index in [9.17, 15) is 4.79 Å². The highest BCUT2D eigenvalue weighted by Crippen LogP contribution is 2.17. The summed E-state index contributed by atoms with van der Waals surface area (Å²) in [4.78, 5) is 15.5. The summed E-state index contributed by atoms with van der Waals surface area (Å²) in [6.07, 6.45) is 0. The van der Waals surface area contributed by atoms with Crippen LogP contribution in [0.3, 0.4) is 0 Å². The smallest absolute Gasteiger partial charge is 0.320 e. The highest BCUT2D eigenvalue weighted by atomic mass is 16.2. The molecule has 1 rings (SSSR count). The predicted molar refractivity (Wildman–Crippen MR) is 52.5 cm³/mol. The van der Waals surface area contributed by atoms with Crippen LogP contribution in [0.1, 0.15) is 20.8 Å². The van der Waals surface area contributed by atoms with Crippen molar-refractivity contribution in [2.75, 3.05) is 19.6 Å². The van der Waals surface area contributed by atoms with Gasteiger partial charge in [-0.05, 0) is 20.8 Å². The number of carbonyl (C=O) groups excluding carboxylic acids is 1. The van der Waals surface area contributed by atoms with E-state index in [0.29, 0.717) is 19.1 Å². The maximum Gasteiger partial charge on any atom is 0.320 e. The van der Waals surface area contributed by atoms with Gasteiger partial charge in [-0.25, -0.2) is 4.79 Å². The van der Waals surface area contributed by atoms with Crippen LogP contribution in [0, 0.1) is 0 Å². The van der Waals surface area contributed by atoms with Crippen molar-refractivity contribution in [3.05, 3.63) is 0 Å². The Morgan fingerprint density at radius 3 is 2.62 bits per heavy atom. The third-order valence-electron chi connectivity index (χ3n) is 2.41. The second-order valence-corrected chi connectivity index (χ2v) is 3.87. The lowest BCUT2D eigenvalue weighted by atomic mass is 10.2. The van der Waals surface area contributed by atoms with E-state index >= 15 is 0 Å². The maximum absolute atomic E-state index is 11.7. The molecule has 1 heterocycles. The summed E-state index contributed by atoms with van der Waals surface area (Å²) >= 11 is 0. The van der Waals surface area contributed by atoms with Gasteiger partial charge in [0.15, 0.2) is 0 Å². The van der Waals surface area contributed by atoms with Crippen molar-refractivity contribution in [2.24, 2.45) is 5.73 Å². The minimum absolute atomic E-state index is 0.132. The number of urea groups is 1. The van der Waals surface area contributed by atoms with Gasteiger partial charge in [-0.3, -0.25) is 0 Å². The molecule has 0 aromatic heterocycles. The van der Waals surface area contributed by atoms with E-state index in [-0.39, 0.29) is 12.1 Å². The third-order valence-corrected chi connectivity index (χ3v) is 2.41. The highest BCUT2D eigenvalue weighted by molar-refractivity contribution is 5.77. The second kappa shape index (κ2) is 3.96. The fourth-order valence-corrected chi connectivity index (χ4v) is 1.91. The molecule has 1 unspecified atom stereocenters. The van der Waals surface area contributed by atoms with Crippen LogP contribution in [0.15, 0.2) is 0 Å². The Bertz CT molecular complexity index is 193. The number of nitrogens with two attached hydrogens (primary N) is 1. The van der Waals surface area contributed by atoms with Crippen LogP contribution >= 0.6 is 0 Å². The van der Waals surface area contributed by atoms with Gasteiger partial charge in [0.25, 0.3) is 0 Å². The molecule has 0 saturated carbocycles. The van der Waals surface area contributed by atoms with Gasteiger partial charge < -0.3 is 15.5 Å². The highest BCUT2D eigenvalue weighted by Gasteiger charge is 2.35. The lowest BCUT2D eigenvalue weighted by molar-refractivity contribution is 0.176. The Kier molecular flexibility index (Phi) is 3.14. The normalized spacial score (nSPS) is 23.5. The number of amides is 2. The zero-order valence-electron chi connectivity index (χ0n) is 8.66. The van der Waals surface area contributed by atoms with E-state index in [2.05, 4.69) is 6.92 Å². The van der Waals surface area contributed by atoms with E-state index in [1.807, 2.05) is 23.6 Å². The van der Waals surface area contributed by atoms with Crippen molar-refractivity contribution in [1.29, 1.82) is 0 Å². The largest absolute Gasteiger partial charge is 0.329 e. The first-order valence-electron chi connectivity index (χ1n) is 4.85. The maximum atomic E-state index is 11.7. The number of nitrogens with zero attached hydrogens (tertiary/aromatic N) is 2. The number of rotatable bonds is 3. The molecule has 4 nitrogen and oxygen atoms in total. The second-order valence-electron chi connectivity index (χ2n) is 3.87. The van der Waals surface area contributed by atoms with E-state index in [0.717, 1.165) is 6.54 Å². The van der Waals surface area contributed by atoms with Crippen LogP contribution in [-0.4, -0.2) is 47.5 Å². The molecule has 1 aliphatic rings. The molecule has 2 amide bonds. The molecule has 1 atom stereocenters. The van der Waals surface area contributed by atoms with E-state index in [4.69, 9.17) is 5.73 Å². The minimum Gasteiger partial charge on any atom is -0.329 e. The molecule has 1 aliphatic heterocycles. The molecule has 2 N–H and O–H groups in total. The van der Waals surface area contributed by atoms with Crippen molar-refractivity contribution < 1.29 is 4.79 Å². The first-order chi connectivity index (χ1) is 6.07. The van der Waals surface area contributed by atoms with Gasteiger partial charge >= 0.3 is 6.03 Å². The Balaban J connectivity index is 2.64. The fourth-order valence-electron chi connectivity index (χ4n) is 1.91. The van der Waals surface area contributed by atoms with Crippen LogP contribution in [0.4, 0.5) is 4.79 Å². The van der Waals surface area contributed by atoms with Crippen molar-refractivity contribution in [3.63, 3.8) is 0 Å². The van der Waals surface area contributed by atoms with Gasteiger partial charge in [0.05, 0.1) is 0 Å². The topological polar surface area (TPSA) is 49.6 Å². The standard InChI is InChI=1S/C9H19N3O/c1-7(2)12-8(3)6-11(5-4-10)9(12)13/h7-8H,4-6,10H2,1-3H3. The molecule has 0 aromatic rings. The summed E-state index contributed by atoms with van der Waals surface area (Å²) in [5.41, 5.74) is 5.43. The summed E-state index contributed by atoms with van der Waals surface area (Å²) < 4.78 is 0. The Hall–Kier alpha value is -0.770. The van der Waals surface area contributed by atoms with Crippen LogP contribution in [0.2, 0.25) is 0 Å². The zero-order valence-corrected chi connectivity index (χ0v) is 8.66. The third kappa shape index (κ3) is 1.94. The number of hydrogen-bond acceptors (Lipinski definition) is 2. The average Bonchev–Trinajstić information content (AvgIpc) is 2.28. The molecule has 0 aromatic carbocycles. The van der Waals surface area contributed by atoms with Crippen LogP contribution in [-0.2, 0) is 0 Å². The van der Waals surface area contributed by atoms with Crippen LogP contribution in [0.25, 0.3) is 0 Å². The predicted octanol–water partition coefficient (Wildman–Crippen LogP) is 0.480. The fraction of sp³-hybridized carbons (Fsp3) is 0.889. The molecule has 4 heteroatoms. The van der Waals surface area contributed by atoms with E-state index in [1.165, 1.54) is 0 Å². The Labute approximate surface area is 79.7 Å². The van der Waals surface area contributed by atoms with Crippen molar-refractivity contribution in [2.45, 2.75) is 32.9 Å². The van der Waals surface area contributed by atoms with E-state index in [1.54, 1.807) is 0 Å². The summed E-state index contributed by atoms with van der Waals surface area (Å²) in [5.74, 6) is 0. The monoisotopic (exact) mass is 185 g/mol. The molecule has 0 bridgehead atoms. The Morgan fingerprint density at radius 1 is 1.62 bits per heavy atom. The molecule has 1 saturated heterocycles. The van der Waals surface area contributed by atoms with Crippen molar-refractivity contribution in [3.8, 4) is 0 Å². The van der Waals surface area contributed by atoms with Gasteiger partial charge in [0.1, 0.15) is 0 Å². The van der Waals surface area contributed by atoms with Gasteiger partial charge in [-0.2, -0.15) is 0 Å². The summed E-state index contributed by atoms with van der Waals surface area (Å²) in [7, 11) is 0. The van der Waals surface area contributed by atoms with Gasteiger partial charge in [0.2, 0.25) is 0 Å². The molecule has 0 spiro atoms. The first-order valence-corrected chi connectivity index (χ1v) is 4.85. The van der Waals surface area contributed by atoms with Crippen LogP contribution < -0.4 is 5.73 Å². The Morgan fingerprint density at radius 2 is 2.23 bits per heavy atom. The van der Waals surface area contributed by atoms with Gasteiger partial charge in [-0.15, -0.1) is 0 Å². The van der Waals surface area contributed by atoms with E-state index < -0.39 is 0 Å².